The first-order valence-corrected chi connectivity index (χ1v) is 34.7. The SMILES string of the molecule is CC/C=C\C/C=C\C/C=C\C/C=C\C/C=C\CC(=O)OCC(COC(=O)CCCCCCCCCCCCCCCCCCCCCCCCC/C=C\CCCCCCCCCC)OC(=O)C/C=C\C/C=C\C/C=C\C/C=C\C/C=C\CC. The van der Waals surface area contributed by atoms with E-state index in [4.69, 9.17) is 14.2 Å². The molecule has 0 heterocycles. The van der Waals surface area contributed by atoms with E-state index in [1.54, 1.807) is 12.2 Å². The Balaban J connectivity index is 4.22. The average Bonchev–Trinajstić information content (AvgIpc) is 3.49. The van der Waals surface area contributed by atoms with E-state index >= 15 is 0 Å². The zero-order valence-corrected chi connectivity index (χ0v) is 54.2. The minimum absolute atomic E-state index is 0.0742. The van der Waals surface area contributed by atoms with Gasteiger partial charge in [0.05, 0.1) is 12.8 Å². The summed E-state index contributed by atoms with van der Waals surface area (Å²) in [5.74, 6) is -1.21. The van der Waals surface area contributed by atoms with E-state index < -0.39 is 18.0 Å². The Hall–Kier alpha value is -4.45. The predicted octanol–water partition coefficient (Wildman–Crippen LogP) is 24.1. The van der Waals surface area contributed by atoms with Crippen molar-refractivity contribution in [2.45, 2.75) is 322 Å². The molecule has 0 amide bonds. The van der Waals surface area contributed by atoms with Crippen LogP contribution in [0, 0.1) is 0 Å². The summed E-state index contributed by atoms with van der Waals surface area (Å²) in [6.07, 6.45) is 99.9. The van der Waals surface area contributed by atoms with Crippen LogP contribution in [-0.2, 0) is 28.6 Å². The normalized spacial score (nSPS) is 13.0. The molecule has 0 saturated carbocycles. The van der Waals surface area contributed by atoms with E-state index in [9.17, 15) is 14.4 Å². The molecule has 0 aromatic rings. The number of carbonyl (C=O) groups is 3. The largest absolute Gasteiger partial charge is 0.462 e. The fourth-order valence-electron chi connectivity index (χ4n) is 9.59. The molecule has 6 heteroatoms. The van der Waals surface area contributed by atoms with Crippen LogP contribution in [0.2, 0.25) is 0 Å². The molecule has 0 aliphatic rings. The summed E-state index contributed by atoms with van der Waals surface area (Å²) < 4.78 is 16.7. The Morgan fingerprint density at radius 2 is 0.518 bits per heavy atom. The topological polar surface area (TPSA) is 78.9 Å². The van der Waals surface area contributed by atoms with Gasteiger partial charge >= 0.3 is 17.9 Å². The molecule has 0 fully saturated rings. The minimum Gasteiger partial charge on any atom is -0.462 e. The van der Waals surface area contributed by atoms with Gasteiger partial charge in [-0.1, -0.05) is 334 Å². The standard InChI is InChI=1S/C77H128O6/c1-4-7-10-13-16-19-22-25-28-29-30-31-32-33-34-35-36-37-38-39-40-41-42-43-44-45-46-47-50-52-55-58-61-64-67-70-76(79)82-73-74(83-77(80)71-68-65-62-59-56-53-49-27-24-21-18-15-12-9-6-3)72-81-75(78)69-66-63-60-57-54-51-48-26-23-20-17-14-11-8-5-2/h8-9,11-12,17-18,20-21,26-27,29-30,48-49,54,56-57,59,63,65-66,68,74H,4-7,10,13-16,19,22-25,28,31-47,50-53,55,58,60-62,64,67,69-73H2,1-3H3/b11-8-,12-9-,20-17-,21-18-,30-29-,48-26-,49-27-,57-54-,59-56-,66-63-,68-65-. The number of allylic oxidation sites excluding steroid dienone is 20. The van der Waals surface area contributed by atoms with Gasteiger partial charge in [-0.2, -0.15) is 0 Å². The van der Waals surface area contributed by atoms with Crippen LogP contribution in [0.5, 0.6) is 0 Å². The molecule has 0 aromatic heterocycles. The van der Waals surface area contributed by atoms with Crippen molar-refractivity contribution in [3.05, 3.63) is 134 Å². The van der Waals surface area contributed by atoms with Gasteiger partial charge in [-0.25, -0.2) is 0 Å². The number of hydrogen-bond acceptors (Lipinski definition) is 6. The first-order chi connectivity index (χ1) is 41.0. The Kier molecular flexibility index (Phi) is 66.3. The zero-order chi connectivity index (χ0) is 59.9. The number of carbonyl (C=O) groups excluding carboxylic acids is 3. The Morgan fingerprint density at radius 3 is 0.831 bits per heavy atom. The van der Waals surface area contributed by atoms with E-state index in [0.717, 1.165) is 77.0 Å². The lowest BCUT2D eigenvalue weighted by Crippen LogP contribution is -2.30. The molecule has 1 unspecified atom stereocenters. The smallest absolute Gasteiger partial charge is 0.310 e. The third-order valence-corrected chi connectivity index (χ3v) is 14.7. The molecule has 0 N–H and O–H groups in total. The van der Waals surface area contributed by atoms with Gasteiger partial charge < -0.3 is 14.2 Å². The Labute approximate surface area is 513 Å². The number of hydrogen-bond donors (Lipinski definition) is 0. The molecule has 0 aliphatic carbocycles. The lowest BCUT2D eigenvalue weighted by atomic mass is 10.0. The zero-order valence-electron chi connectivity index (χ0n) is 54.2. The van der Waals surface area contributed by atoms with Crippen LogP contribution in [0.15, 0.2) is 134 Å². The predicted molar refractivity (Wildman–Crippen MR) is 362 cm³/mol. The van der Waals surface area contributed by atoms with Gasteiger partial charge in [0.1, 0.15) is 13.2 Å². The molecule has 0 aliphatic heterocycles. The third-order valence-electron chi connectivity index (χ3n) is 14.7. The molecule has 1 atom stereocenters. The van der Waals surface area contributed by atoms with E-state index in [2.05, 4.69) is 130 Å². The minimum atomic E-state index is -0.877. The van der Waals surface area contributed by atoms with Crippen LogP contribution in [0.3, 0.4) is 0 Å². The Morgan fingerprint density at radius 1 is 0.265 bits per heavy atom. The van der Waals surface area contributed by atoms with Crippen molar-refractivity contribution >= 4 is 17.9 Å². The monoisotopic (exact) mass is 1150 g/mol. The lowest BCUT2D eigenvalue weighted by molar-refractivity contribution is -0.166. The van der Waals surface area contributed by atoms with E-state index in [-0.39, 0.29) is 32.0 Å². The summed E-state index contributed by atoms with van der Waals surface area (Å²) in [4.78, 5) is 38.2. The van der Waals surface area contributed by atoms with Crippen LogP contribution >= 0.6 is 0 Å². The Bertz CT molecular complexity index is 1750. The summed E-state index contributed by atoms with van der Waals surface area (Å²) in [6, 6.07) is 0. The molecule has 0 rings (SSSR count). The molecule has 6 nitrogen and oxygen atoms in total. The molecule has 472 valence electrons. The van der Waals surface area contributed by atoms with Crippen LogP contribution in [0.1, 0.15) is 316 Å². The van der Waals surface area contributed by atoms with Crippen molar-refractivity contribution in [3.63, 3.8) is 0 Å². The van der Waals surface area contributed by atoms with Crippen LogP contribution < -0.4 is 0 Å². The molecular formula is C77H128O6. The van der Waals surface area contributed by atoms with Crippen molar-refractivity contribution < 1.29 is 28.6 Å². The van der Waals surface area contributed by atoms with Crippen molar-refractivity contribution in [3.8, 4) is 0 Å². The maximum atomic E-state index is 12.8. The number of rotatable bonds is 62. The van der Waals surface area contributed by atoms with Gasteiger partial charge in [0.2, 0.25) is 0 Å². The van der Waals surface area contributed by atoms with Gasteiger partial charge in [0.15, 0.2) is 6.10 Å². The number of unbranched alkanes of at least 4 members (excludes halogenated alkanes) is 31. The summed E-state index contributed by atoms with van der Waals surface area (Å²) >= 11 is 0. The fraction of sp³-hybridized carbons (Fsp3) is 0.675. The molecule has 83 heavy (non-hydrogen) atoms. The summed E-state index contributed by atoms with van der Waals surface area (Å²) in [5, 5.41) is 0. The van der Waals surface area contributed by atoms with Crippen molar-refractivity contribution in [1.82, 2.24) is 0 Å². The van der Waals surface area contributed by atoms with E-state index in [1.165, 1.54) is 193 Å². The van der Waals surface area contributed by atoms with Gasteiger partial charge in [0, 0.05) is 6.42 Å². The molecular weight excluding hydrogens is 1020 g/mol. The first-order valence-electron chi connectivity index (χ1n) is 34.7. The summed E-state index contributed by atoms with van der Waals surface area (Å²) in [5.41, 5.74) is 0. The van der Waals surface area contributed by atoms with Crippen molar-refractivity contribution in [1.29, 1.82) is 0 Å². The second kappa shape index (κ2) is 70.0. The fourth-order valence-corrected chi connectivity index (χ4v) is 9.59. The molecule has 0 saturated heterocycles. The quantitative estimate of drug-likeness (QED) is 0.0261. The van der Waals surface area contributed by atoms with Crippen LogP contribution in [-0.4, -0.2) is 37.2 Å². The van der Waals surface area contributed by atoms with Crippen molar-refractivity contribution in [2.24, 2.45) is 0 Å². The molecule has 0 radical (unpaired) electrons. The summed E-state index contributed by atoms with van der Waals surface area (Å²) in [7, 11) is 0. The van der Waals surface area contributed by atoms with Gasteiger partial charge in [0.25, 0.3) is 0 Å². The van der Waals surface area contributed by atoms with E-state index in [0.29, 0.717) is 12.8 Å². The first kappa shape index (κ1) is 78.5. The highest BCUT2D eigenvalue weighted by Crippen LogP contribution is 2.17. The lowest BCUT2D eigenvalue weighted by Gasteiger charge is -2.17. The van der Waals surface area contributed by atoms with Crippen LogP contribution in [0.25, 0.3) is 0 Å². The maximum Gasteiger partial charge on any atom is 0.310 e. The van der Waals surface area contributed by atoms with Gasteiger partial charge in [-0.05, 0) is 96.3 Å². The van der Waals surface area contributed by atoms with E-state index in [1.807, 2.05) is 12.2 Å². The highest BCUT2D eigenvalue weighted by Gasteiger charge is 2.19. The van der Waals surface area contributed by atoms with Crippen molar-refractivity contribution in [2.75, 3.05) is 13.2 Å². The maximum absolute atomic E-state index is 12.8. The van der Waals surface area contributed by atoms with Gasteiger partial charge in [-0.15, -0.1) is 0 Å². The third kappa shape index (κ3) is 68.2. The molecule has 0 spiro atoms. The average molecular weight is 1150 g/mol. The highest BCUT2D eigenvalue weighted by molar-refractivity contribution is 5.72. The number of ether oxygens (including phenoxy) is 3. The van der Waals surface area contributed by atoms with Crippen LogP contribution in [0.4, 0.5) is 0 Å². The second-order valence-electron chi connectivity index (χ2n) is 22.7. The molecule has 0 aromatic carbocycles. The molecule has 0 bridgehead atoms. The highest BCUT2D eigenvalue weighted by atomic mass is 16.6. The van der Waals surface area contributed by atoms with Gasteiger partial charge in [-0.3, -0.25) is 14.4 Å². The number of esters is 3. The summed E-state index contributed by atoms with van der Waals surface area (Å²) in [6.45, 7) is 6.25. The second-order valence-corrected chi connectivity index (χ2v) is 22.7.